The van der Waals surface area contributed by atoms with Crippen LogP contribution in [0.1, 0.15) is 13.8 Å². The fourth-order valence-electron chi connectivity index (χ4n) is 0.598. The van der Waals surface area contributed by atoms with Gasteiger partial charge < -0.3 is 15.4 Å². The largest absolute Gasteiger partial charge is 0.453 e. The van der Waals surface area contributed by atoms with Crippen LogP contribution in [0.3, 0.4) is 0 Å². The van der Waals surface area contributed by atoms with Gasteiger partial charge in [-0.05, 0) is 13.8 Å². The van der Waals surface area contributed by atoms with Crippen LogP contribution in [0.5, 0.6) is 0 Å². The second-order valence-corrected chi connectivity index (χ2v) is 2.57. The smallest absolute Gasteiger partial charge is 0.407 e. The van der Waals surface area contributed by atoms with Crippen molar-refractivity contribution in [2.45, 2.75) is 19.9 Å². The van der Waals surface area contributed by atoms with E-state index in [1.54, 1.807) is 0 Å². The number of ether oxygens (including phenoxy) is 1. The van der Waals surface area contributed by atoms with Crippen LogP contribution in [0.4, 0.5) is 4.79 Å². The van der Waals surface area contributed by atoms with E-state index >= 15 is 0 Å². The first-order chi connectivity index (χ1) is 5.56. The number of carbonyl (C=O) groups excluding carboxylic acids is 2. The van der Waals surface area contributed by atoms with Crippen molar-refractivity contribution in [3.05, 3.63) is 0 Å². The molecule has 2 amide bonds. The molecule has 2 N–H and O–H groups in total. The molecule has 70 valence electrons. The third-order valence-corrected chi connectivity index (χ3v) is 1.03. The van der Waals surface area contributed by atoms with Gasteiger partial charge in [-0.2, -0.15) is 0 Å². The summed E-state index contributed by atoms with van der Waals surface area (Å²) in [6.45, 7) is 3.64. The first kappa shape index (κ1) is 10.7. The van der Waals surface area contributed by atoms with Crippen LogP contribution in [-0.4, -0.2) is 31.7 Å². The van der Waals surface area contributed by atoms with Crippen LogP contribution >= 0.6 is 0 Å². The van der Waals surface area contributed by atoms with Gasteiger partial charge in [-0.1, -0.05) is 0 Å². The molecule has 0 saturated heterocycles. The summed E-state index contributed by atoms with van der Waals surface area (Å²) in [6, 6.07) is 0.0805. The lowest BCUT2D eigenvalue weighted by atomic mass is 10.4. The molecule has 0 atom stereocenters. The maximum Gasteiger partial charge on any atom is 0.407 e. The number of rotatable bonds is 3. The molecule has 0 heterocycles. The average Bonchev–Trinajstić information content (AvgIpc) is 1.99. The minimum atomic E-state index is -0.603. The van der Waals surface area contributed by atoms with E-state index in [0.717, 1.165) is 0 Å². The van der Waals surface area contributed by atoms with Crippen LogP contribution in [0, 0.1) is 0 Å². The highest BCUT2D eigenvalue weighted by Crippen LogP contribution is 1.76. The number of hydrogen-bond donors (Lipinski definition) is 2. The van der Waals surface area contributed by atoms with Crippen molar-refractivity contribution in [1.82, 2.24) is 10.6 Å². The first-order valence-electron chi connectivity index (χ1n) is 3.67. The van der Waals surface area contributed by atoms with E-state index < -0.39 is 6.09 Å². The summed E-state index contributed by atoms with van der Waals surface area (Å²) >= 11 is 0. The Morgan fingerprint density at radius 1 is 1.42 bits per heavy atom. The average molecular weight is 174 g/mol. The van der Waals surface area contributed by atoms with Gasteiger partial charge >= 0.3 is 6.09 Å². The lowest BCUT2D eigenvalue weighted by Gasteiger charge is -2.08. The SMILES string of the molecule is COC(=O)NCC(=O)NC(C)C. The number of alkyl carbamates (subject to hydrolysis) is 1. The molecular weight excluding hydrogens is 160 g/mol. The predicted octanol–water partition coefficient (Wildman–Crippen LogP) is -0.133. The van der Waals surface area contributed by atoms with Crippen molar-refractivity contribution in [3.63, 3.8) is 0 Å². The van der Waals surface area contributed by atoms with Crippen LogP contribution in [0.15, 0.2) is 0 Å². The second kappa shape index (κ2) is 5.40. The van der Waals surface area contributed by atoms with Crippen molar-refractivity contribution in [3.8, 4) is 0 Å². The van der Waals surface area contributed by atoms with Gasteiger partial charge in [-0.25, -0.2) is 4.79 Å². The lowest BCUT2D eigenvalue weighted by Crippen LogP contribution is -2.39. The molecule has 0 saturated carbocycles. The number of nitrogens with one attached hydrogen (secondary N) is 2. The van der Waals surface area contributed by atoms with Crippen LogP contribution in [0.2, 0.25) is 0 Å². The highest BCUT2D eigenvalue weighted by atomic mass is 16.5. The monoisotopic (exact) mass is 174 g/mol. The topological polar surface area (TPSA) is 67.4 Å². The van der Waals surface area contributed by atoms with Crippen molar-refractivity contribution in [1.29, 1.82) is 0 Å². The zero-order chi connectivity index (χ0) is 9.56. The van der Waals surface area contributed by atoms with E-state index in [1.165, 1.54) is 7.11 Å². The molecule has 0 aliphatic rings. The molecule has 5 nitrogen and oxygen atoms in total. The summed E-state index contributed by atoms with van der Waals surface area (Å²) in [6.07, 6.45) is -0.603. The number of amides is 2. The summed E-state index contributed by atoms with van der Waals surface area (Å²) in [5.41, 5.74) is 0. The van der Waals surface area contributed by atoms with Crippen molar-refractivity contribution >= 4 is 12.0 Å². The Morgan fingerprint density at radius 3 is 2.42 bits per heavy atom. The fraction of sp³-hybridized carbons (Fsp3) is 0.714. The summed E-state index contributed by atoms with van der Waals surface area (Å²) in [7, 11) is 1.25. The Balaban J connectivity index is 3.51. The molecule has 0 spiro atoms. The van der Waals surface area contributed by atoms with E-state index in [4.69, 9.17) is 0 Å². The first-order valence-corrected chi connectivity index (χ1v) is 3.67. The molecule has 0 aromatic rings. The molecule has 0 aromatic heterocycles. The molecular formula is C7H14N2O3. The summed E-state index contributed by atoms with van der Waals surface area (Å²) < 4.78 is 4.28. The van der Waals surface area contributed by atoms with E-state index in [0.29, 0.717) is 0 Å². The number of carbonyl (C=O) groups is 2. The Labute approximate surface area is 71.5 Å². The number of hydrogen-bond acceptors (Lipinski definition) is 3. The zero-order valence-electron chi connectivity index (χ0n) is 7.51. The van der Waals surface area contributed by atoms with Gasteiger partial charge in [0.1, 0.15) is 0 Å². The Morgan fingerprint density at radius 2 is 2.00 bits per heavy atom. The van der Waals surface area contributed by atoms with Gasteiger partial charge in [-0.15, -0.1) is 0 Å². The Hall–Kier alpha value is -1.26. The molecule has 0 unspecified atom stereocenters. The van der Waals surface area contributed by atoms with Crippen molar-refractivity contribution in [2.24, 2.45) is 0 Å². The van der Waals surface area contributed by atoms with Crippen molar-refractivity contribution in [2.75, 3.05) is 13.7 Å². The molecule has 0 rings (SSSR count). The molecule has 0 bridgehead atoms. The molecule has 0 fully saturated rings. The number of methoxy groups -OCH3 is 1. The third kappa shape index (κ3) is 5.52. The van der Waals surface area contributed by atoms with Crippen LogP contribution in [0.25, 0.3) is 0 Å². The van der Waals surface area contributed by atoms with Gasteiger partial charge in [0.25, 0.3) is 0 Å². The maximum atomic E-state index is 10.9. The maximum absolute atomic E-state index is 10.9. The highest BCUT2D eigenvalue weighted by Gasteiger charge is 2.04. The molecule has 12 heavy (non-hydrogen) atoms. The fourth-order valence-corrected chi connectivity index (χ4v) is 0.598. The lowest BCUT2D eigenvalue weighted by molar-refractivity contribution is -0.120. The van der Waals surface area contributed by atoms with Gasteiger partial charge in [-0.3, -0.25) is 4.79 Å². The van der Waals surface area contributed by atoms with Gasteiger partial charge in [0.15, 0.2) is 0 Å². The second-order valence-electron chi connectivity index (χ2n) is 2.57. The zero-order valence-corrected chi connectivity index (χ0v) is 7.51. The minimum absolute atomic E-state index is 0.0507. The van der Waals surface area contributed by atoms with E-state index in [-0.39, 0.29) is 18.5 Å². The molecule has 0 aliphatic carbocycles. The molecule has 0 radical (unpaired) electrons. The quantitative estimate of drug-likeness (QED) is 0.626. The Kier molecular flexibility index (Phi) is 4.83. The van der Waals surface area contributed by atoms with Crippen LogP contribution < -0.4 is 10.6 Å². The summed E-state index contributed by atoms with van der Waals surface area (Å²) in [5, 5.41) is 4.88. The van der Waals surface area contributed by atoms with Gasteiger partial charge in [0.05, 0.1) is 13.7 Å². The van der Waals surface area contributed by atoms with Gasteiger partial charge in [0.2, 0.25) is 5.91 Å². The predicted molar refractivity (Wildman–Crippen MR) is 43.7 cm³/mol. The van der Waals surface area contributed by atoms with E-state index in [9.17, 15) is 9.59 Å². The van der Waals surface area contributed by atoms with E-state index in [1.807, 2.05) is 13.8 Å². The Bertz CT molecular complexity index is 168. The normalized spacial score (nSPS) is 9.33. The van der Waals surface area contributed by atoms with Crippen molar-refractivity contribution < 1.29 is 14.3 Å². The third-order valence-electron chi connectivity index (χ3n) is 1.03. The molecule has 5 heteroatoms. The molecule has 0 aromatic carbocycles. The van der Waals surface area contributed by atoms with Crippen LogP contribution in [-0.2, 0) is 9.53 Å². The minimum Gasteiger partial charge on any atom is -0.453 e. The summed E-state index contributed by atoms with van der Waals surface area (Å²) in [4.78, 5) is 21.4. The standard InChI is InChI=1S/C7H14N2O3/c1-5(2)9-6(10)4-8-7(11)12-3/h5H,4H2,1-3H3,(H,8,11)(H,9,10). The van der Waals surface area contributed by atoms with Gasteiger partial charge in [0, 0.05) is 6.04 Å². The van der Waals surface area contributed by atoms with E-state index in [2.05, 4.69) is 15.4 Å². The summed E-state index contributed by atoms with van der Waals surface area (Å²) in [5.74, 6) is -0.226. The molecule has 0 aliphatic heterocycles. The highest BCUT2D eigenvalue weighted by molar-refractivity contribution is 5.82.